The van der Waals surface area contributed by atoms with Crippen molar-refractivity contribution in [3.8, 4) is 0 Å². The van der Waals surface area contributed by atoms with E-state index < -0.39 is 5.54 Å². The Morgan fingerprint density at radius 2 is 1.80 bits per heavy atom. The van der Waals surface area contributed by atoms with Gasteiger partial charge in [0.2, 0.25) is 0 Å². The highest BCUT2D eigenvalue weighted by Gasteiger charge is 2.55. The SMILES string of the molecule is CN(C)CCCN1C(=O)N[C@](Cc2ccc(F)cc2)(C2CCN(Cc3ccc(CO)o3)CC2)C1=O. The van der Waals surface area contributed by atoms with Crippen molar-refractivity contribution < 1.29 is 23.5 Å². The van der Waals surface area contributed by atoms with E-state index in [0.29, 0.717) is 31.7 Å². The number of furan rings is 1. The number of piperidine rings is 1. The van der Waals surface area contributed by atoms with Gasteiger partial charge in [-0.1, -0.05) is 12.1 Å². The molecule has 9 heteroatoms. The first-order valence-corrected chi connectivity index (χ1v) is 12.2. The first kappa shape index (κ1) is 25.3. The average molecular weight is 487 g/mol. The van der Waals surface area contributed by atoms with Gasteiger partial charge in [-0.25, -0.2) is 9.18 Å². The highest BCUT2D eigenvalue weighted by atomic mass is 19.1. The molecule has 2 aliphatic rings. The maximum absolute atomic E-state index is 13.8. The van der Waals surface area contributed by atoms with Gasteiger partial charge in [-0.2, -0.15) is 0 Å². The minimum absolute atomic E-state index is 0.0382. The van der Waals surface area contributed by atoms with E-state index in [1.807, 2.05) is 25.1 Å². The summed E-state index contributed by atoms with van der Waals surface area (Å²) < 4.78 is 19.2. The van der Waals surface area contributed by atoms with Crippen LogP contribution in [0.5, 0.6) is 0 Å². The summed E-state index contributed by atoms with van der Waals surface area (Å²) in [5.41, 5.74) is -0.210. The molecule has 0 bridgehead atoms. The van der Waals surface area contributed by atoms with Crippen LogP contribution in [0.25, 0.3) is 0 Å². The number of hydrogen-bond donors (Lipinski definition) is 2. The van der Waals surface area contributed by atoms with Crippen molar-refractivity contribution in [2.75, 3.05) is 40.3 Å². The number of halogens is 1. The number of imide groups is 1. The number of urea groups is 1. The Labute approximate surface area is 205 Å². The zero-order valence-electron chi connectivity index (χ0n) is 20.5. The highest BCUT2D eigenvalue weighted by Crippen LogP contribution is 2.37. The summed E-state index contributed by atoms with van der Waals surface area (Å²) in [6.45, 7) is 3.18. The number of carbonyl (C=O) groups is 2. The van der Waals surface area contributed by atoms with Crippen LogP contribution in [0.2, 0.25) is 0 Å². The number of aliphatic hydroxyl groups excluding tert-OH is 1. The van der Waals surface area contributed by atoms with Gasteiger partial charge in [0.15, 0.2) is 0 Å². The van der Waals surface area contributed by atoms with Gasteiger partial charge in [0.1, 0.15) is 29.5 Å². The molecule has 2 aliphatic heterocycles. The number of nitrogens with one attached hydrogen (secondary N) is 1. The maximum atomic E-state index is 13.8. The molecule has 1 atom stereocenters. The number of rotatable bonds is 10. The van der Waals surface area contributed by atoms with E-state index in [-0.39, 0.29) is 30.3 Å². The normalized spacial score (nSPS) is 21.8. The topological polar surface area (TPSA) is 89.3 Å². The van der Waals surface area contributed by atoms with Crippen LogP contribution in [0, 0.1) is 11.7 Å². The number of likely N-dealkylation sites (tertiary alicyclic amines) is 1. The maximum Gasteiger partial charge on any atom is 0.325 e. The van der Waals surface area contributed by atoms with E-state index in [2.05, 4.69) is 10.2 Å². The van der Waals surface area contributed by atoms with E-state index in [4.69, 9.17) is 4.42 Å². The molecule has 3 heterocycles. The quantitative estimate of drug-likeness (QED) is 0.502. The number of carbonyl (C=O) groups excluding carboxylic acids is 2. The monoisotopic (exact) mass is 486 g/mol. The molecule has 2 saturated heterocycles. The number of amides is 3. The molecule has 0 unspecified atom stereocenters. The molecule has 4 rings (SSSR count). The summed E-state index contributed by atoms with van der Waals surface area (Å²) in [4.78, 5) is 32.4. The zero-order valence-corrected chi connectivity index (χ0v) is 20.5. The molecule has 1 aromatic carbocycles. The zero-order chi connectivity index (χ0) is 25.0. The summed E-state index contributed by atoms with van der Waals surface area (Å²) in [5, 5.41) is 12.3. The van der Waals surface area contributed by atoms with Crippen molar-refractivity contribution >= 4 is 11.9 Å². The van der Waals surface area contributed by atoms with Gasteiger partial charge in [0.05, 0.1) is 6.54 Å². The third-order valence-electron chi connectivity index (χ3n) is 7.12. The molecule has 0 saturated carbocycles. The van der Waals surface area contributed by atoms with Crippen molar-refractivity contribution in [1.82, 2.24) is 20.0 Å². The van der Waals surface area contributed by atoms with Gasteiger partial charge in [0.25, 0.3) is 5.91 Å². The van der Waals surface area contributed by atoms with Crippen LogP contribution in [0.4, 0.5) is 9.18 Å². The summed E-state index contributed by atoms with van der Waals surface area (Å²) in [7, 11) is 3.93. The minimum atomic E-state index is -1.03. The Morgan fingerprint density at radius 1 is 1.11 bits per heavy atom. The largest absolute Gasteiger partial charge is 0.462 e. The predicted molar refractivity (Wildman–Crippen MR) is 129 cm³/mol. The van der Waals surface area contributed by atoms with Gasteiger partial charge in [0, 0.05) is 13.0 Å². The summed E-state index contributed by atoms with van der Waals surface area (Å²) in [6.07, 6.45) is 2.53. The lowest BCUT2D eigenvalue weighted by atomic mass is 9.74. The van der Waals surface area contributed by atoms with Gasteiger partial charge in [-0.3, -0.25) is 14.6 Å². The van der Waals surface area contributed by atoms with Crippen LogP contribution >= 0.6 is 0 Å². The molecule has 0 radical (unpaired) electrons. The van der Waals surface area contributed by atoms with Crippen molar-refractivity contribution in [3.63, 3.8) is 0 Å². The summed E-state index contributed by atoms with van der Waals surface area (Å²) in [5.74, 6) is 0.796. The number of benzene rings is 1. The standard InChI is InChI=1S/C26H35FN4O4/c1-29(2)12-3-13-31-24(33)26(28-25(31)34,16-19-4-6-21(27)7-5-19)20-10-14-30(15-11-20)17-22-8-9-23(18-32)35-22/h4-9,20,32H,3,10-18H2,1-2H3,(H,28,34)/t26-/m1/s1. The van der Waals surface area contributed by atoms with Crippen molar-refractivity contribution in [3.05, 3.63) is 59.3 Å². The van der Waals surface area contributed by atoms with E-state index in [0.717, 1.165) is 43.8 Å². The number of nitrogens with zero attached hydrogens (tertiary/aromatic N) is 3. The molecular weight excluding hydrogens is 451 g/mol. The Balaban J connectivity index is 1.49. The first-order chi connectivity index (χ1) is 16.8. The molecule has 2 aromatic rings. The number of aliphatic hydroxyl groups is 1. The second kappa shape index (κ2) is 10.9. The van der Waals surface area contributed by atoms with Gasteiger partial charge < -0.3 is 19.7 Å². The van der Waals surface area contributed by atoms with E-state index >= 15 is 0 Å². The Bertz CT molecular complexity index is 1020. The van der Waals surface area contributed by atoms with E-state index in [1.165, 1.54) is 17.0 Å². The number of hydrogen-bond acceptors (Lipinski definition) is 6. The highest BCUT2D eigenvalue weighted by molar-refractivity contribution is 6.07. The second-order valence-electron chi connectivity index (χ2n) is 9.89. The molecular formula is C26H35FN4O4. The van der Waals surface area contributed by atoms with Crippen LogP contribution in [-0.2, 0) is 24.4 Å². The second-order valence-corrected chi connectivity index (χ2v) is 9.89. The lowest BCUT2D eigenvalue weighted by Gasteiger charge is -2.41. The third-order valence-corrected chi connectivity index (χ3v) is 7.12. The Kier molecular flexibility index (Phi) is 7.88. The molecule has 2 fully saturated rings. The van der Waals surface area contributed by atoms with Crippen molar-refractivity contribution in [1.29, 1.82) is 0 Å². The lowest BCUT2D eigenvalue weighted by molar-refractivity contribution is -0.134. The van der Waals surface area contributed by atoms with Crippen LogP contribution in [0.1, 0.15) is 36.3 Å². The molecule has 0 aliphatic carbocycles. The van der Waals surface area contributed by atoms with Crippen molar-refractivity contribution in [2.45, 2.75) is 44.4 Å². The predicted octanol–water partition coefficient (Wildman–Crippen LogP) is 2.61. The molecule has 3 amide bonds. The molecule has 8 nitrogen and oxygen atoms in total. The van der Waals surface area contributed by atoms with Crippen LogP contribution < -0.4 is 5.32 Å². The van der Waals surface area contributed by atoms with Crippen LogP contribution in [0.3, 0.4) is 0 Å². The van der Waals surface area contributed by atoms with Crippen LogP contribution in [0.15, 0.2) is 40.8 Å². The molecule has 1 aromatic heterocycles. The Hall–Kier alpha value is -2.75. The average Bonchev–Trinajstić information content (AvgIpc) is 3.39. The summed E-state index contributed by atoms with van der Waals surface area (Å²) in [6, 6.07) is 9.48. The smallest absolute Gasteiger partial charge is 0.325 e. The first-order valence-electron chi connectivity index (χ1n) is 12.2. The van der Waals surface area contributed by atoms with Crippen molar-refractivity contribution in [2.24, 2.45) is 5.92 Å². The molecule has 0 spiro atoms. The van der Waals surface area contributed by atoms with E-state index in [1.54, 1.807) is 18.2 Å². The fraction of sp³-hybridized carbons (Fsp3) is 0.538. The van der Waals surface area contributed by atoms with Gasteiger partial charge in [-0.05, 0) is 88.7 Å². The summed E-state index contributed by atoms with van der Waals surface area (Å²) >= 11 is 0. The molecule has 35 heavy (non-hydrogen) atoms. The molecule has 2 N–H and O–H groups in total. The fourth-order valence-corrected chi connectivity index (χ4v) is 5.25. The third kappa shape index (κ3) is 5.74. The fourth-order valence-electron chi connectivity index (χ4n) is 5.25. The van der Waals surface area contributed by atoms with Gasteiger partial charge >= 0.3 is 6.03 Å². The Morgan fingerprint density at radius 3 is 2.43 bits per heavy atom. The molecule has 190 valence electrons. The minimum Gasteiger partial charge on any atom is -0.462 e. The van der Waals surface area contributed by atoms with E-state index in [9.17, 15) is 19.1 Å². The van der Waals surface area contributed by atoms with Gasteiger partial charge in [-0.15, -0.1) is 0 Å². The van der Waals surface area contributed by atoms with Crippen LogP contribution in [-0.4, -0.2) is 77.6 Å². The lowest BCUT2D eigenvalue weighted by Crippen LogP contribution is -2.57.